The summed E-state index contributed by atoms with van der Waals surface area (Å²) in [4.78, 5) is 10.7. The summed E-state index contributed by atoms with van der Waals surface area (Å²) in [5.74, 6) is 0.716. The first-order chi connectivity index (χ1) is 29.1. The topological polar surface area (TPSA) is 37.9 Å². The summed E-state index contributed by atoms with van der Waals surface area (Å²) in [5.41, 5.74) is 12.8. The number of furan rings is 1. The summed E-state index contributed by atoms with van der Waals surface area (Å²) in [6, 6.07) is 66.8. The molecule has 10 aromatic rings. The number of hydrogen-bond acceptors (Lipinski definition) is 3. The van der Waals surface area contributed by atoms with Gasteiger partial charge < -0.3 is 4.42 Å². The molecule has 0 N–H and O–H groups in total. The van der Waals surface area contributed by atoms with Gasteiger partial charge in [0, 0.05) is 47.6 Å². The largest absolute Gasteiger partial charge is 0.455 e. The maximum atomic E-state index is 6.97. The van der Waals surface area contributed by atoms with Gasteiger partial charge in [-0.3, -0.25) is 4.99 Å². The lowest BCUT2D eigenvalue weighted by Crippen LogP contribution is -2.07. The van der Waals surface area contributed by atoms with E-state index in [4.69, 9.17) is 14.4 Å². The van der Waals surface area contributed by atoms with Gasteiger partial charge in [0.25, 0.3) is 0 Å². The van der Waals surface area contributed by atoms with E-state index in [2.05, 4.69) is 196 Å². The molecule has 2 heterocycles. The molecule has 8 aromatic carbocycles. The van der Waals surface area contributed by atoms with Crippen molar-refractivity contribution >= 4 is 65.0 Å². The molecule has 1 atom stereocenters. The molecule has 0 spiro atoms. The molecule has 0 amide bonds. The molecule has 10 rings (SSSR count). The smallest absolute Gasteiger partial charge is 0.155 e. The minimum atomic E-state index is -0.0393. The minimum Gasteiger partial charge on any atom is -0.455 e. The van der Waals surface area contributed by atoms with Crippen LogP contribution in [0.2, 0.25) is 0 Å². The molecular weight excluding hydrogens is 737 g/mol. The molecule has 0 saturated carbocycles. The monoisotopic (exact) mass is 778 g/mol. The Morgan fingerprint density at radius 1 is 0.542 bits per heavy atom. The molecule has 0 aliphatic rings. The molecule has 0 radical (unpaired) electrons. The third kappa shape index (κ3) is 6.96. The van der Waals surface area contributed by atoms with Gasteiger partial charge in [-0.1, -0.05) is 177 Å². The average Bonchev–Trinajstić information content (AvgIpc) is 3.88. The molecule has 0 aliphatic heterocycles. The molecule has 1 unspecified atom stereocenters. The van der Waals surface area contributed by atoms with Crippen molar-refractivity contribution in [1.29, 1.82) is 0 Å². The minimum absolute atomic E-state index is 0.0393. The molecule has 0 saturated heterocycles. The number of hydrogen-bond donors (Lipinski definition) is 0. The van der Waals surface area contributed by atoms with Crippen LogP contribution < -0.4 is 0 Å². The van der Waals surface area contributed by atoms with Crippen LogP contribution in [0.5, 0.6) is 0 Å². The second-order valence-corrected chi connectivity index (χ2v) is 16.2. The van der Waals surface area contributed by atoms with E-state index < -0.39 is 0 Å². The van der Waals surface area contributed by atoms with Crippen LogP contribution in [-0.4, -0.2) is 11.5 Å². The van der Waals surface area contributed by atoms with E-state index in [0.717, 1.165) is 62.7 Å². The summed E-state index contributed by atoms with van der Waals surface area (Å²) in [5, 5.41) is 4.72. The van der Waals surface area contributed by atoms with Gasteiger partial charge in [-0.25, -0.2) is 4.99 Å². The lowest BCUT2D eigenvalue weighted by atomic mass is 9.97. The van der Waals surface area contributed by atoms with Crippen LogP contribution in [0.25, 0.3) is 75.5 Å². The van der Waals surface area contributed by atoms with Gasteiger partial charge in [0.1, 0.15) is 11.2 Å². The van der Waals surface area contributed by atoms with Crippen LogP contribution in [0.1, 0.15) is 49.4 Å². The highest BCUT2D eigenvalue weighted by Crippen LogP contribution is 2.43. The number of benzene rings is 8. The zero-order valence-corrected chi connectivity index (χ0v) is 33.9. The molecule has 0 bridgehead atoms. The van der Waals surface area contributed by atoms with Crippen LogP contribution in [0.4, 0.5) is 0 Å². The lowest BCUT2D eigenvalue weighted by molar-refractivity contribution is 0.640. The summed E-state index contributed by atoms with van der Waals surface area (Å²) in [6.07, 6.45) is 1.92. The standard InChI is InChI=1S/C55H42N2OS/c1-3-16-49(40-31-29-38(30-32-40)37-17-7-4-8-18-37)57-55(41-21-11-6-12-22-41)56-36(2)43-23-13-26-46-47-27-14-25-45(54(47)58-53(43)46)42-33-34-50-48(35-42)52-44(24-15-28-51(52)59-50)39-19-9-5-10-20-39/h4-15,17-35,49H,3,16H2,1-2H3/b56-36+,57-55-. The zero-order valence-electron chi connectivity index (χ0n) is 33.1. The Morgan fingerprint density at radius 2 is 1.17 bits per heavy atom. The second-order valence-electron chi connectivity index (χ2n) is 15.1. The van der Waals surface area contributed by atoms with E-state index in [1.165, 1.54) is 48.0 Å². The van der Waals surface area contributed by atoms with Crippen LogP contribution in [0.3, 0.4) is 0 Å². The predicted molar refractivity (Wildman–Crippen MR) is 252 cm³/mol. The van der Waals surface area contributed by atoms with Gasteiger partial charge in [-0.15, -0.1) is 11.3 Å². The highest BCUT2D eigenvalue weighted by Gasteiger charge is 2.19. The maximum absolute atomic E-state index is 6.97. The fraction of sp³-hybridized carbons (Fsp3) is 0.0909. The molecule has 284 valence electrons. The third-order valence-corrected chi connectivity index (χ3v) is 12.5. The first kappa shape index (κ1) is 36.5. The predicted octanol–water partition coefficient (Wildman–Crippen LogP) is 15.8. The molecule has 3 nitrogen and oxygen atoms in total. The fourth-order valence-electron chi connectivity index (χ4n) is 8.41. The lowest BCUT2D eigenvalue weighted by Gasteiger charge is -2.15. The van der Waals surface area contributed by atoms with Crippen LogP contribution in [0.15, 0.2) is 202 Å². The molecule has 59 heavy (non-hydrogen) atoms. The number of para-hydroxylation sites is 2. The number of nitrogens with zero attached hydrogens (tertiary/aromatic N) is 2. The Balaban J connectivity index is 1.07. The zero-order chi connectivity index (χ0) is 39.7. The highest BCUT2D eigenvalue weighted by atomic mass is 32.1. The van der Waals surface area contributed by atoms with E-state index in [9.17, 15) is 0 Å². The van der Waals surface area contributed by atoms with Crippen molar-refractivity contribution in [2.75, 3.05) is 0 Å². The van der Waals surface area contributed by atoms with Gasteiger partial charge in [-0.2, -0.15) is 0 Å². The Hall–Kier alpha value is -6.88. The molecule has 4 heteroatoms. The first-order valence-corrected chi connectivity index (χ1v) is 21.2. The van der Waals surface area contributed by atoms with E-state index in [0.29, 0.717) is 5.84 Å². The Morgan fingerprint density at radius 3 is 1.92 bits per heavy atom. The van der Waals surface area contributed by atoms with Crippen molar-refractivity contribution in [3.8, 4) is 33.4 Å². The molecule has 2 aromatic heterocycles. The fourth-order valence-corrected chi connectivity index (χ4v) is 9.53. The third-order valence-electron chi connectivity index (χ3n) is 11.4. The average molecular weight is 779 g/mol. The number of thiophene rings is 1. The van der Waals surface area contributed by atoms with Gasteiger partial charge in [0.15, 0.2) is 5.84 Å². The van der Waals surface area contributed by atoms with Crippen molar-refractivity contribution in [1.82, 2.24) is 0 Å². The first-order valence-electron chi connectivity index (χ1n) is 20.4. The van der Waals surface area contributed by atoms with Crippen molar-refractivity contribution in [2.24, 2.45) is 9.98 Å². The van der Waals surface area contributed by atoms with Gasteiger partial charge in [0.2, 0.25) is 0 Å². The number of aliphatic imine (C=N–C) groups is 2. The maximum Gasteiger partial charge on any atom is 0.155 e. The Labute approximate surface area is 348 Å². The molecular formula is C55H42N2OS. The van der Waals surface area contributed by atoms with E-state index in [1.54, 1.807) is 0 Å². The van der Waals surface area contributed by atoms with Crippen molar-refractivity contribution < 1.29 is 4.42 Å². The van der Waals surface area contributed by atoms with Crippen molar-refractivity contribution in [3.05, 3.63) is 205 Å². The summed E-state index contributed by atoms with van der Waals surface area (Å²) in [6.45, 7) is 4.29. The van der Waals surface area contributed by atoms with Crippen molar-refractivity contribution in [3.63, 3.8) is 0 Å². The van der Waals surface area contributed by atoms with Crippen LogP contribution >= 0.6 is 11.3 Å². The molecule has 0 aliphatic carbocycles. The van der Waals surface area contributed by atoms with Crippen LogP contribution in [0, 0.1) is 0 Å². The number of amidine groups is 1. The SMILES string of the molecule is CCCC(/N=C(\N=C(/C)c1cccc2c1oc1c(-c3ccc4sc5cccc(-c6ccccc6)c5c4c3)cccc12)c1ccccc1)c1ccc(-c2ccccc2)cc1. The highest BCUT2D eigenvalue weighted by molar-refractivity contribution is 7.26. The number of fused-ring (bicyclic) bond motifs is 6. The van der Waals surface area contributed by atoms with Crippen LogP contribution in [-0.2, 0) is 0 Å². The van der Waals surface area contributed by atoms with E-state index >= 15 is 0 Å². The molecule has 0 fully saturated rings. The Kier molecular flexibility index (Phi) is 9.77. The Bertz CT molecular complexity index is 3160. The normalized spacial score (nSPS) is 12.8. The van der Waals surface area contributed by atoms with Gasteiger partial charge in [0.05, 0.1) is 11.8 Å². The second kappa shape index (κ2) is 15.8. The summed E-state index contributed by atoms with van der Waals surface area (Å²) < 4.78 is 9.54. The quantitative estimate of drug-likeness (QED) is 0.106. The summed E-state index contributed by atoms with van der Waals surface area (Å²) >= 11 is 1.85. The summed E-state index contributed by atoms with van der Waals surface area (Å²) in [7, 11) is 0. The van der Waals surface area contributed by atoms with E-state index in [-0.39, 0.29) is 6.04 Å². The van der Waals surface area contributed by atoms with Gasteiger partial charge >= 0.3 is 0 Å². The van der Waals surface area contributed by atoms with Crippen molar-refractivity contribution in [2.45, 2.75) is 32.7 Å². The number of rotatable bonds is 9. The van der Waals surface area contributed by atoms with E-state index in [1.807, 2.05) is 17.4 Å². The van der Waals surface area contributed by atoms with Gasteiger partial charge in [-0.05, 0) is 71.0 Å².